The molecule has 0 atom stereocenters. The van der Waals surface area contributed by atoms with Crippen molar-refractivity contribution in [2.45, 2.75) is 44.9 Å². The van der Waals surface area contributed by atoms with E-state index in [-0.39, 0.29) is 5.09 Å². The Labute approximate surface area is 127 Å². The van der Waals surface area contributed by atoms with Crippen molar-refractivity contribution in [3.05, 3.63) is 17.9 Å². The van der Waals surface area contributed by atoms with Gasteiger partial charge in [0.05, 0.1) is 6.54 Å². The van der Waals surface area contributed by atoms with E-state index in [1.54, 1.807) is 6.07 Å². The Kier molecular flexibility index (Phi) is 7.37. The minimum absolute atomic E-state index is 0.0207. The largest absolute Gasteiger partial charge is 0.447 e. The van der Waals surface area contributed by atoms with E-state index in [1.165, 1.54) is 6.07 Å². The van der Waals surface area contributed by atoms with Gasteiger partial charge in [-0.3, -0.25) is 0 Å². The van der Waals surface area contributed by atoms with Gasteiger partial charge in [-0.2, -0.15) is 0 Å². The molecule has 0 fully saturated rings. The Balaban J connectivity index is 2.44. The molecule has 0 saturated carbocycles. The van der Waals surface area contributed by atoms with Crippen molar-refractivity contribution in [2.75, 3.05) is 26.7 Å². The molecule has 7 heteroatoms. The van der Waals surface area contributed by atoms with Crippen LogP contribution in [0, 0.1) is 0 Å². The number of nitrogens with zero attached hydrogens (tertiary/aromatic N) is 1. The van der Waals surface area contributed by atoms with E-state index in [2.05, 4.69) is 28.8 Å². The molecule has 0 aliphatic heterocycles. The van der Waals surface area contributed by atoms with Crippen LogP contribution in [0.5, 0.6) is 0 Å². The molecule has 0 unspecified atom stereocenters. The second kappa shape index (κ2) is 8.53. The van der Waals surface area contributed by atoms with Gasteiger partial charge in [0.25, 0.3) is 10.0 Å². The fraction of sp³-hybridized carbons (Fsp3) is 0.714. The van der Waals surface area contributed by atoms with E-state index in [0.717, 1.165) is 19.5 Å². The lowest BCUT2D eigenvalue weighted by molar-refractivity contribution is 0.271. The number of hydrogen-bond donors (Lipinski definition) is 2. The fourth-order valence-electron chi connectivity index (χ4n) is 1.71. The maximum Gasteiger partial charge on any atom is 0.273 e. The first-order valence-corrected chi connectivity index (χ1v) is 8.84. The first-order valence-electron chi connectivity index (χ1n) is 7.36. The van der Waals surface area contributed by atoms with Crippen LogP contribution in [-0.4, -0.2) is 46.0 Å². The van der Waals surface area contributed by atoms with Crippen LogP contribution >= 0.6 is 0 Å². The smallest absolute Gasteiger partial charge is 0.273 e. The molecule has 1 aromatic heterocycles. The average molecular weight is 317 g/mol. The summed E-state index contributed by atoms with van der Waals surface area (Å²) in [4.78, 5) is 2.18. The lowest BCUT2D eigenvalue weighted by atomic mass is 10.3. The number of hydrogen-bond acceptors (Lipinski definition) is 5. The molecule has 0 aliphatic rings. The van der Waals surface area contributed by atoms with Gasteiger partial charge < -0.3 is 14.6 Å². The third-order valence-corrected chi connectivity index (χ3v) is 4.65. The van der Waals surface area contributed by atoms with Crippen molar-refractivity contribution >= 4 is 10.0 Å². The van der Waals surface area contributed by atoms with Gasteiger partial charge in [0.15, 0.2) is 0 Å². The van der Waals surface area contributed by atoms with E-state index in [1.807, 2.05) is 14.0 Å². The van der Waals surface area contributed by atoms with Crippen LogP contribution in [0.3, 0.4) is 0 Å². The summed E-state index contributed by atoms with van der Waals surface area (Å²) in [6.07, 6.45) is 0.763. The van der Waals surface area contributed by atoms with Gasteiger partial charge in [-0.05, 0) is 52.5 Å². The highest BCUT2D eigenvalue weighted by Crippen LogP contribution is 2.13. The van der Waals surface area contributed by atoms with E-state index in [0.29, 0.717) is 24.9 Å². The lowest BCUT2D eigenvalue weighted by Gasteiger charge is -2.20. The maximum absolute atomic E-state index is 12.1. The SMILES string of the molecule is CCNCc1ccc(S(=O)(=O)NCCCN(C)C(C)C)o1. The fourth-order valence-corrected chi connectivity index (χ4v) is 2.73. The van der Waals surface area contributed by atoms with Crippen molar-refractivity contribution in [3.8, 4) is 0 Å². The summed E-state index contributed by atoms with van der Waals surface area (Å²) in [5.74, 6) is 0.622. The van der Waals surface area contributed by atoms with E-state index < -0.39 is 10.0 Å². The summed E-state index contributed by atoms with van der Waals surface area (Å²) < 4.78 is 32.0. The molecule has 122 valence electrons. The van der Waals surface area contributed by atoms with Gasteiger partial charge >= 0.3 is 0 Å². The normalized spacial score (nSPS) is 12.5. The Hall–Kier alpha value is -0.890. The van der Waals surface area contributed by atoms with Crippen LogP contribution in [0.25, 0.3) is 0 Å². The zero-order chi connectivity index (χ0) is 15.9. The summed E-state index contributed by atoms with van der Waals surface area (Å²) in [6, 6.07) is 3.64. The van der Waals surface area contributed by atoms with Gasteiger partial charge in [0.2, 0.25) is 5.09 Å². The molecule has 1 rings (SSSR count). The molecule has 0 bridgehead atoms. The van der Waals surface area contributed by atoms with Gasteiger partial charge in [-0.1, -0.05) is 6.92 Å². The number of nitrogens with one attached hydrogen (secondary N) is 2. The summed E-state index contributed by atoms with van der Waals surface area (Å²) in [5.41, 5.74) is 0. The number of rotatable bonds is 10. The minimum atomic E-state index is -3.55. The summed E-state index contributed by atoms with van der Waals surface area (Å²) in [6.45, 7) is 8.80. The van der Waals surface area contributed by atoms with Crippen LogP contribution in [-0.2, 0) is 16.6 Å². The Morgan fingerprint density at radius 2 is 2.05 bits per heavy atom. The molecule has 1 aromatic rings. The van der Waals surface area contributed by atoms with Crippen molar-refractivity contribution < 1.29 is 12.8 Å². The Morgan fingerprint density at radius 3 is 2.67 bits per heavy atom. The van der Waals surface area contributed by atoms with E-state index in [9.17, 15) is 8.42 Å². The zero-order valence-electron chi connectivity index (χ0n) is 13.3. The molecule has 0 amide bonds. The highest BCUT2D eigenvalue weighted by Gasteiger charge is 2.18. The second-order valence-electron chi connectivity index (χ2n) is 5.33. The topological polar surface area (TPSA) is 74.6 Å². The zero-order valence-corrected chi connectivity index (χ0v) is 14.2. The van der Waals surface area contributed by atoms with Gasteiger partial charge in [-0.25, -0.2) is 13.1 Å². The monoisotopic (exact) mass is 317 g/mol. The Bertz CT molecular complexity index is 511. The molecule has 0 spiro atoms. The Morgan fingerprint density at radius 1 is 1.33 bits per heavy atom. The first kappa shape index (κ1) is 18.2. The quantitative estimate of drug-likeness (QED) is 0.638. The van der Waals surface area contributed by atoms with Crippen molar-refractivity contribution in [3.63, 3.8) is 0 Å². The molecular weight excluding hydrogens is 290 g/mol. The highest BCUT2D eigenvalue weighted by atomic mass is 32.2. The third kappa shape index (κ3) is 6.17. The van der Waals surface area contributed by atoms with Crippen LogP contribution in [0.1, 0.15) is 33.0 Å². The van der Waals surface area contributed by atoms with E-state index >= 15 is 0 Å². The van der Waals surface area contributed by atoms with Gasteiger partial charge in [0, 0.05) is 12.6 Å². The molecule has 0 aromatic carbocycles. The lowest BCUT2D eigenvalue weighted by Crippen LogP contribution is -2.31. The summed E-state index contributed by atoms with van der Waals surface area (Å²) in [7, 11) is -1.52. The molecule has 1 heterocycles. The minimum Gasteiger partial charge on any atom is -0.447 e. The first-order chi connectivity index (χ1) is 9.86. The van der Waals surface area contributed by atoms with Crippen molar-refractivity contribution in [1.82, 2.24) is 14.9 Å². The summed E-state index contributed by atoms with van der Waals surface area (Å²) in [5, 5.41) is 3.07. The predicted octanol–water partition coefficient (Wildman–Crippen LogP) is 1.40. The van der Waals surface area contributed by atoms with Gasteiger partial charge in [-0.15, -0.1) is 0 Å². The van der Waals surface area contributed by atoms with Crippen molar-refractivity contribution in [2.24, 2.45) is 0 Å². The number of furan rings is 1. The predicted molar refractivity (Wildman–Crippen MR) is 83.7 cm³/mol. The standard InChI is InChI=1S/C14H27N3O3S/c1-5-15-11-13-7-8-14(20-13)21(18,19)16-9-6-10-17(4)12(2)3/h7-8,12,15-16H,5-6,9-11H2,1-4H3. The van der Waals surface area contributed by atoms with Crippen LogP contribution in [0.4, 0.5) is 0 Å². The van der Waals surface area contributed by atoms with E-state index in [4.69, 9.17) is 4.42 Å². The molecule has 6 nitrogen and oxygen atoms in total. The molecule has 21 heavy (non-hydrogen) atoms. The maximum atomic E-state index is 12.1. The van der Waals surface area contributed by atoms with Crippen molar-refractivity contribution in [1.29, 1.82) is 0 Å². The summed E-state index contributed by atoms with van der Waals surface area (Å²) >= 11 is 0. The highest BCUT2D eigenvalue weighted by molar-refractivity contribution is 7.89. The number of sulfonamides is 1. The van der Waals surface area contributed by atoms with Gasteiger partial charge in [0.1, 0.15) is 5.76 Å². The molecule has 0 aliphatic carbocycles. The average Bonchev–Trinajstić information content (AvgIpc) is 2.90. The van der Waals surface area contributed by atoms with Crippen LogP contribution < -0.4 is 10.0 Å². The molecule has 2 N–H and O–H groups in total. The van der Waals surface area contributed by atoms with Crippen LogP contribution in [0.2, 0.25) is 0 Å². The third-order valence-electron chi connectivity index (χ3n) is 3.31. The molecule has 0 saturated heterocycles. The second-order valence-corrected chi connectivity index (χ2v) is 7.02. The molecular formula is C14H27N3O3S. The van der Waals surface area contributed by atoms with Crippen LogP contribution in [0.15, 0.2) is 21.6 Å². The molecule has 0 radical (unpaired) electrons.